The molecule has 0 bridgehead atoms. The molecule has 0 unspecified atom stereocenters. The minimum Gasteiger partial charge on any atom is -0.497 e. The predicted octanol–water partition coefficient (Wildman–Crippen LogP) is 4.38. The largest absolute Gasteiger partial charge is 0.497 e. The Morgan fingerprint density at radius 3 is 2.44 bits per heavy atom. The molecule has 5 rings (SSSR count). The second kappa shape index (κ2) is 9.62. The fraction of sp³-hybridized carbons (Fsp3) is 0.400. The van der Waals surface area contributed by atoms with Crippen molar-refractivity contribution in [3.8, 4) is 22.9 Å². The van der Waals surface area contributed by atoms with Crippen molar-refractivity contribution in [2.24, 2.45) is 0 Å². The number of carbonyl (C=O) groups is 1. The van der Waals surface area contributed by atoms with E-state index in [0.29, 0.717) is 42.0 Å². The van der Waals surface area contributed by atoms with Crippen molar-refractivity contribution < 1.29 is 18.8 Å². The van der Waals surface area contributed by atoms with Crippen molar-refractivity contribution in [2.75, 3.05) is 50.6 Å². The van der Waals surface area contributed by atoms with E-state index in [1.807, 2.05) is 17.0 Å². The van der Waals surface area contributed by atoms with E-state index in [1.54, 1.807) is 32.4 Å². The summed E-state index contributed by atoms with van der Waals surface area (Å²) in [4.78, 5) is 21.5. The molecule has 3 aromatic rings. The molecular formula is C25H29N5O4. The monoisotopic (exact) mass is 463 g/mol. The van der Waals surface area contributed by atoms with Gasteiger partial charge in [-0.25, -0.2) is 4.79 Å². The minimum atomic E-state index is -0.141. The van der Waals surface area contributed by atoms with Crippen LogP contribution in [0.4, 0.5) is 16.2 Å². The lowest BCUT2D eigenvalue weighted by Crippen LogP contribution is -2.50. The van der Waals surface area contributed by atoms with Crippen molar-refractivity contribution in [1.29, 1.82) is 0 Å². The van der Waals surface area contributed by atoms with Crippen molar-refractivity contribution in [2.45, 2.75) is 25.2 Å². The van der Waals surface area contributed by atoms with Crippen LogP contribution in [0.2, 0.25) is 0 Å². The topological polar surface area (TPSA) is 93.0 Å². The Morgan fingerprint density at radius 1 is 1.03 bits per heavy atom. The van der Waals surface area contributed by atoms with Gasteiger partial charge in [-0.15, -0.1) is 0 Å². The molecule has 9 heteroatoms. The average molecular weight is 464 g/mol. The maximum Gasteiger partial charge on any atom is 0.322 e. The van der Waals surface area contributed by atoms with E-state index in [9.17, 15) is 4.79 Å². The van der Waals surface area contributed by atoms with Crippen LogP contribution in [0.5, 0.6) is 11.5 Å². The third-order valence-electron chi connectivity index (χ3n) is 6.60. The molecule has 1 N–H and O–H groups in total. The number of benzene rings is 2. The number of hydrogen-bond acceptors (Lipinski definition) is 7. The Labute approximate surface area is 198 Å². The number of nitrogens with zero attached hydrogens (tertiary/aromatic N) is 4. The van der Waals surface area contributed by atoms with Crippen LogP contribution < -0.4 is 19.7 Å². The minimum absolute atomic E-state index is 0.141. The number of rotatable bonds is 6. The lowest BCUT2D eigenvalue weighted by molar-refractivity contribution is 0.208. The Kier molecular flexibility index (Phi) is 6.24. The standard InChI is InChI=1S/C25H29N5O4/c1-32-20-10-11-21(22(16-20)33-2)26-25(31)30-14-12-29(13-15-30)19-8-6-17(7-9-19)23-27-24(34-28-23)18-4-3-5-18/h6-11,16,18H,3-5,12-15H2,1-2H3,(H,26,31). The van der Waals surface area contributed by atoms with Gasteiger partial charge in [-0.05, 0) is 49.2 Å². The summed E-state index contributed by atoms with van der Waals surface area (Å²) in [5, 5.41) is 7.10. The van der Waals surface area contributed by atoms with Gasteiger partial charge < -0.3 is 29.1 Å². The molecule has 1 aliphatic carbocycles. The second-order valence-electron chi connectivity index (χ2n) is 8.60. The number of carbonyl (C=O) groups excluding carboxylic acids is 1. The quantitative estimate of drug-likeness (QED) is 0.580. The maximum absolute atomic E-state index is 12.8. The predicted molar refractivity (Wildman–Crippen MR) is 129 cm³/mol. The lowest BCUT2D eigenvalue weighted by Gasteiger charge is -2.36. The molecule has 1 saturated heterocycles. The number of aromatic nitrogens is 2. The summed E-state index contributed by atoms with van der Waals surface area (Å²) in [7, 11) is 3.16. The van der Waals surface area contributed by atoms with Crippen molar-refractivity contribution >= 4 is 17.4 Å². The number of urea groups is 1. The SMILES string of the molecule is COc1ccc(NC(=O)N2CCN(c3ccc(-c4noc(C5CCC5)n4)cc3)CC2)c(OC)c1. The Balaban J connectivity index is 1.16. The molecule has 9 nitrogen and oxygen atoms in total. The number of hydrogen-bond donors (Lipinski definition) is 1. The summed E-state index contributed by atoms with van der Waals surface area (Å²) in [6.07, 6.45) is 3.51. The van der Waals surface area contributed by atoms with Crippen molar-refractivity contribution in [1.82, 2.24) is 15.0 Å². The first kappa shape index (κ1) is 22.1. The Hall–Kier alpha value is -3.75. The van der Waals surface area contributed by atoms with E-state index in [-0.39, 0.29) is 6.03 Å². The third kappa shape index (κ3) is 4.50. The van der Waals surface area contributed by atoms with E-state index in [4.69, 9.17) is 14.0 Å². The van der Waals surface area contributed by atoms with Gasteiger partial charge >= 0.3 is 6.03 Å². The summed E-state index contributed by atoms with van der Waals surface area (Å²) in [6, 6.07) is 13.4. The van der Waals surface area contributed by atoms with Crippen LogP contribution in [-0.2, 0) is 0 Å². The summed E-state index contributed by atoms with van der Waals surface area (Å²) in [6.45, 7) is 2.75. The van der Waals surface area contributed by atoms with Gasteiger partial charge in [0.05, 0.1) is 19.9 Å². The summed E-state index contributed by atoms with van der Waals surface area (Å²) in [5.41, 5.74) is 2.68. The van der Waals surface area contributed by atoms with Crippen LogP contribution in [0.1, 0.15) is 31.1 Å². The highest BCUT2D eigenvalue weighted by Gasteiger charge is 2.26. The van der Waals surface area contributed by atoms with E-state index in [0.717, 1.165) is 43.1 Å². The molecule has 0 radical (unpaired) electrons. The normalized spacial score (nSPS) is 16.2. The number of ether oxygens (including phenoxy) is 2. The number of methoxy groups -OCH3 is 2. The van der Waals surface area contributed by atoms with E-state index >= 15 is 0 Å². The zero-order chi connectivity index (χ0) is 23.5. The van der Waals surface area contributed by atoms with Crippen LogP contribution in [0.15, 0.2) is 47.0 Å². The molecule has 34 heavy (non-hydrogen) atoms. The molecule has 0 atom stereocenters. The van der Waals surface area contributed by atoms with Gasteiger partial charge in [-0.3, -0.25) is 0 Å². The molecule has 2 fully saturated rings. The molecule has 2 aromatic carbocycles. The lowest BCUT2D eigenvalue weighted by atomic mass is 9.85. The van der Waals surface area contributed by atoms with Gasteiger partial charge in [-0.1, -0.05) is 11.6 Å². The van der Waals surface area contributed by atoms with E-state index in [1.165, 1.54) is 6.42 Å². The summed E-state index contributed by atoms with van der Waals surface area (Å²) in [5.74, 6) is 3.07. The first-order valence-electron chi connectivity index (χ1n) is 11.6. The molecule has 0 spiro atoms. The van der Waals surface area contributed by atoms with Crippen LogP contribution in [-0.4, -0.2) is 61.5 Å². The van der Waals surface area contributed by atoms with Crippen molar-refractivity contribution in [3.63, 3.8) is 0 Å². The first-order chi connectivity index (χ1) is 16.6. The highest BCUT2D eigenvalue weighted by Crippen LogP contribution is 2.36. The van der Waals surface area contributed by atoms with Crippen LogP contribution in [0.3, 0.4) is 0 Å². The molecule has 1 aliphatic heterocycles. The molecule has 2 amide bonds. The number of amides is 2. The molecule has 1 saturated carbocycles. The van der Waals surface area contributed by atoms with Crippen LogP contribution in [0.25, 0.3) is 11.4 Å². The number of anilines is 2. The van der Waals surface area contributed by atoms with Crippen molar-refractivity contribution in [3.05, 3.63) is 48.4 Å². The average Bonchev–Trinajstić information content (AvgIpc) is 3.32. The first-order valence-corrected chi connectivity index (χ1v) is 11.6. The highest BCUT2D eigenvalue weighted by molar-refractivity contribution is 5.91. The number of nitrogens with one attached hydrogen (secondary N) is 1. The summed E-state index contributed by atoms with van der Waals surface area (Å²) < 4.78 is 16.0. The van der Waals surface area contributed by atoms with Gasteiger partial charge in [0, 0.05) is 49.4 Å². The smallest absolute Gasteiger partial charge is 0.322 e. The zero-order valence-electron chi connectivity index (χ0n) is 19.5. The molecule has 2 aliphatic rings. The van der Waals surface area contributed by atoms with E-state index < -0.39 is 0 Å². The van der Waals surface area contributed by atoms with Gasteiger partial charge in [0.15, 0.2) is 0 Å². The fourth-order valence-corrected chi connectivity index (χ4v) is 4.26. The third-order valence-corrected chi connectivity index (χ3v) is 6.60. The zero-order valence-corrected chi connectivity index (χ0v) is 19.5. The molecular weight excluding hydrogens is 434 g/mol. The van der Waals surface area contributed by atoms with Gasteiger partial charge in [0.1, 0.15) is 11.5 Å². The van der Waals surface area contributed by atoms with Gasteiger partial charge in [-0.2, -0.15) is 4.98 Å². The van der Waals surface area contributed by atoms with Crippen LogP contribution >= 0.6 is 0 Å². The van der Waals surface area contributed by atoms with Crippen LogP contribution in [0, 0.1) is 0 Å². The Bertz CT molecular complexity index is 1130. The fourth-order valence-electron chi connectivity index (χ4n) is 4.26. The van der Waals surface area contributed by atoms with E-state index in [2.05, 4.69) is 32.5 Å². The summed E-state index contributed by atoms with van der Waals surface area (Å²) >= 11 is 0. The second-order valence-corrected chi connectivity index (χ2v) is 8.60. The maximum atomic E-state index is 12.8. The van der Waals surface area contributed by atoms with Gasteiger partial charge in [0.2, 0.25) is 11.7 Å². The molecule has 178 valence electrons. The highest BCUT2D eigenvalue weighted by atomic mass is 16.5. The molecule has 1 aromatic heterocycles. The van der Waals surface area contributed by atoms with Gasteiger partial charge in [0.25, 0.3) is 0 Å². The number of piperazine rings is 1. The molecule has 2 heterocycles. The Morgan fingerprint density at radius 2 is 1.79 bits per heavy atom.